The van der Waals surface area contributed by atoms with Crippen molar-refractivity contribution in [2.24, 2.45) is 5.10 Å². The number of esters is 1. The number of amides is 2. The van der Waals surface area contributed by atoms with Crippen molar-refractivity contribution in [3.63, 3.8) is 0 Å². The van der Waals surface area contributed by atoms with Crippen LogP contribution >= 0.6 is 34.5 Å². The smallest absolute Gasteiger partial charge is 0.355 e. The summed E-state index contributed by atoms with van der Waals surface area (Å²) in [5.74, 6) is -1.38. The first-order valence-corrected chi connectivity index (χ1v) is 11.8. The van der Waals surface area contributed by atoms with Crippen molar-refractivity contribution < 1.29 is 19.1 Å². The Labute approximate surface area is 214 Å². The summed E-state index contributed by atoms with van der Waals surface area (Å²) in [6, 6.07) is 20.6. The number of hydrogen-bond donors (Lipinski definition) is 2. The molecule has 1 heterocycles. The second kappa shape index (κ2) is 11.1. The summed E-state index contributed by atoms with van der Waals surface area (Å²) in [6.45, 7) is -0.303. The van der Waals surface area contributed by atoms with Gasteiger partial charge in [0.05, 0.1) is 28.4 Å². The zero-order chi connectivity index (χ0) is 24.8. The van der Waals surface area contributed by atoms with Crippen LogP contribution in [-0.2, 0) is 4.79 Å². The van der Waals surface area contributed by atoms with E-state index in [4.69, 9.17) is 27.9 Å². The van der Waals surface area contributed by atoms with Crippen LogP contribution in [0.15, 0.2) is 77.9 Å². The molecule has 0 saturated carbocycles. The normalized spacial score (nSPS) is 10.9. The summed E-state index contributed by atoms with van der Waals surface area (Å²) in [5.41, 5.74) is 3.04. The van der Waals surface area contributed by atoms with Crippen LogP contribution in [0, 0.1) is 0 Å². The number of carbonyl (C=O) groups is 3. The molecule has 7 nitrogen and oxygen atoms in total. The van der Waals surface area contributed by atoms with E-state index in [0.29, 0.717) is 15.5 Å². The van der Waals surface area contributed by atoms with E-state index < -0.39 is 17.8 Å². The Morgan fingerprint density at radius 3 is 2.46 bits per heavy atom. The summed E-state index contributed by atoms with van der Waals surface area (Å²) >= 11 is 13.6. The molecule has 4 rings (SSSR count). The van der Waals surface area contributed by atoms with Crippen LogP contribution in [-0.4, -0.2) is 30.5 Å². The molecule has 10 heteroatoms. The number of rotatable bonds is 7. The van der Waals surface area contributed by atoms with Crippen molar-refractivity contribution in [1.29, 1.82) is 0 Å². The van der Waals surface area contributed by atoms with Crippen molar-refractivity contribution in [1.82, 2.24) is 10.7 Å². The van der Waals surface area contributed by atoms with Crippen LogP contribution in [0.25, 0.3) is 10.1 Å². The second-order valence-electron chi connectivity index (χ2n) is 7.12. The summed E-state index contributed by atoms with van der Waals surface area (Å²) in [5, 5.41) is 7.76. The van der Waals surface area contributed by atoms with Gasteiger partial charge in [0.25, 0.3) is 11.8 Å². The van der Waals surface area contributed by atoms with Crippen molar-refractivity contribution in [2.75, 3.05) is 6.54 Å². The first kappa shape index (κ1) is 24.4. The van der Waals surface area contributed by atoms with E-state index >= 15 is 0 Å². The molecule has 3 aromatic carbocycles. The number of thiophene rings is 1. The Morgan fingerprint density at radius 1 is 0.943 bits per heavy atom. The molecule has 0 unspecified atom stereocenters. The van der Waals surface area contributed by atoms with E-state index in [1.807, 2.05) is 24.3 Å². The quantitative estimate of drug-likeness (QED) is 0.148. The monoisotopic (exact) mass is 525 g/mol. The molecule has 0 spiro atoms. The van der Waals surface area contributed by atoms with Crippen LogP contribution in [0.5, 0.6) is 5.75 Å². The Kier molecular flexibility index (Phi) is 7.77. The number of halogens is 2. The maximum Gasteiger partial charge on any atom is 0.355 e. The molecule has 0 aliphatic heterocycles. The van der Waals surface area contributed by atoms with Gasteiger partial charge in [-0.15, -0.1) is 11.3 Å². The van der Waals surface area contributed by atoms with Gasteiger partial charge in [-0.3, -0.25) is 9.59 Å². The molecule has 0 bridgehead atoms. The lowest BCUT2D eigenvalue weighted by molar-refractivity contribution is -0.120. The van der Waals surface area contributed by atoms with Gasteiger partial charge >= 0.3 is 5.97 Å². The molecule has 1 aromatic heterocycles. The predicted molar refractivity (Wildman–Crippen MR) is 138 cm³/mol. The first-order chi connectivity index (χ1) is 16.9. The fourth-order valence-electron chi connectivity index (χ4n) is 3.09. The molecular formula is C25H17Cl2N3O4S. The number of carbonyl (C=O) groups excluding carboxylic acids is 3. The van der Waals surface area contributed by atoms with Crippen molar-refractivity contribution in [3.05, 3.63) is 98.8 Å². The van der Waals surface area contributed by atoms with Gasteiger partial charge in [-0.2, -0.15) is 5.10 Å². The molecule has 0 aliphatic carbocycles. The highest BCUT2D eigenvalue weighted by Crippen LogP contribution is 2.36. The highest BCUT2D eigenvalue weighted by Gasteiger charge is 2.19. The van der Waals surface area contributed by atoms with Gasteiger partial charge in [-0.1, -0.05) is 65.7 Å². The average molecular weight is 526 g/mol. The van der Waals surface area contributed by atoms with Gasteiger partial charge < -0.3 is 10.1 Å². The summed E-state index contributed by atoms with van der Waals surface area (Å²) in [6.07, 6.45) is 1.34. The van der Waals surface area contributed by atoms with Crippen molar-refractivity contribution >= 4 is 68.6 Å². The predicted octanol–water partition coefficient (Wildman–Crippen LogP) is 5.31. The van der Waals surface area contributed by atoms with Gasteiger partial charge in [0.1, 0.15) is 10.6 Å². The molecule has 35 heavy (non-hydrogen) atoms. The average Bonchev–Trinajstić information content (AvgIpc) is 3.20. The Hall–Kier alpha value is -3.72. The summed E-state index contributed by atoms with van der Waals surface area (Å²) in [7, 11) is 0. The first-order valence-electron chi connectivity index (χ1n) is 10.3. The molecule has 2 N–H and O–H groups in total. The molecule has 0 atom stereocenters. The Bertz CT molecular complexity index is 1450. The van der Waals surface area contributed by atoms with Crippen molar-refractivity contribution in [3.8, 4) is 5.75 Å². The summed E-state index contributed by atoms with van der Waals surface area (Å²) < 4.78 is 6.43. The van der Waals surface area contributed by atoms with Gasteiger partial charge in [0.2, 0.25) is 0 Å². The molecule has 2 amide bonds. The van der Waals surface area contributed by atoms with Gasteiger partial charge in [-0.25, -0.2) is 10.2 Å². The number of hydrazone groups is 1. The van der Waals surface area contributed by atoms with Gasteiger partial charge in [0.15, 0.2) is 0 Å². The zero-order valence-corrected chi connectivity index (χ0v) is 20.3. The third kappa shape index (κ3) is 5.86. The lowest BCUT2D eigenvalue weighted by atomic mass is 10.2. The van der Waals surface area contributed by atoms with E-state index in [1.54, 1.807) is 48.5 Å². The summed E-state index contributed by atoms with van der Waals surface area (Å²) in [4.78, 5) is 37.3. The topological polar surface area (TPSA) is 96.9 Å². The van der Waals surface area contributed by atoms with Crippen LogP contribution < -0.4 is 15.5 Å². The zero-order valence-electron chi connectivity index (χ0n) is 18.0. The number of ether oxygens (including phenoxy) is 1. The molecule has 0 saturated heterocycles. The van der Waals surface area contributed by atoms with Crippen molar-refractivity contribution in [2.45, 2.75) is 0 Å². The largest absolute Gasteiger partial charge is 0.422 e. The number of nitrogens with one attached hydrogen (secondary N) is 2. The number of para-hydroxylation sites is 1. The minimum atomic E-state index is -0.594. The molecule has 176 valence electrons. The number of hydrogen-bond acceptors (Lipinski definition) is 6. The maximum atomic E-state index is 12.8. The number of fused-ring (bicyclic) bond motifs is 1. The van der Waals surface area contributed by atoms with E-state index in [-0.39, 0.29) is 22.9 Å². The minimum Gasteiger partial charge on any atom is -0.422 e. The molecule has 0 aliphatic rings. The lowest BCUT2D eigenvalue weighted by Gasteiger charge is -2.07. The SMILES string of the molecule is O=C(CNC(=O)c1ccccc1Cl)N/N=C\c1ccccc1OC(=O)c1sc2ccccc2c1Cl. The van der Waals surface area contributed by atoms with Gasteiger partial charge in [0, 0.05) is 15.6 Å². The number of nitrogens with zero attached hydrogens (tertiary/aromatic N) is 1. The minimum absolute atomic E-state index is 0.246. The van der Waals surface area contributed by atoms with Crippen LogP contribution in [0.1, 0.15) is 25.6 Å². The standard InChI is InChI=1S/C25H17Cl2N3O4S/c26-18-10-4-2-8-16(18)24(32)28-14-21(31)30-29-13-15-7-1-5-11-19(15)34-25(33)23-22(27)17-9-3-6-12-20(17)35-23/h1-13H,14H2,(H,28,32)(H,30,31)/b29-13-. The highest BCUT2D eigenvalue weighted by molar-refractivity contribution is 7.21. The van der Waals surface area contributed by atoms with E-state index in [9.17, 15) is 14.4 Å². The Balaban J connectivity index is 1.37. The fourth-order valence-corrected chi connectivity index (χ4v) is 4.69. The molecular weight excluding hydrogens is 509 g/mol. The third-order valence-electron chi connectivity index (χ3n) is 4.76. The Morgan fingerprint density at radius 2 is 1.66 bits per heavy atom. The van der Waals surface area contributed by atoms with Crippen LogP contribution in [0.3, 0.4) is 0 Å². The fraction of sp³-hybridized carbons (Fsp3) is 0.0400. The van der Waals surface area contributed by atoms with E-state index in [2.05, 4.69) is 15.8 Å². The van der Waals surface area contributed by atoms with Gasteiger partial charge in [-0.05, 0) is 30.3 Å². The second-order valence-corrected chi connectivity index (χ2v) is 8.96. The number of benzene rings is 3. The van der Waals surface area contributed by atoms with Crippen LogP contribution in [0.4, 0.5) is 0 Å². The molecule has 0 radical (unpaired) electrons. The van der Waals surface area contributed by atoms with Crippen LogP contribution in [0.2, 0.25) is 10.0 Å². The van der Waals surface area contributed by atoms with E-state index in [1.165, 1.54) is 17.6 Å². The highest BCUT2D eigenvalue weighted by atomic mass is 35.5. The molecule has 0 fully saturated rings. The maximum absolute atomic E-state index is 12.8. The van der Waals surface area contributed by atoms with E-state index in [0.717, 1.165) is 10.1 Å². The lowest BCUT2D eigenvalue weighted by Crippen LogP contribution is -2.35. The third-order valence-corrected chi connectivity index (χ3v) is 6.75. The molecule has 4 aromatic rings.